The normalized spacial score (nSPS) is 22.9. The van der Waals surface area contributed by atoms with Gasteiger partial charge in [0, 0.05) is 11.1 Å². The van der Waals surface area contributed by atoms with Crippen molar-refractivity contribution in [2.45, 2.75) is 29.5 Å². The number of sulfone groups is 1. The summed E-state index contributed by atoms with van der Waals surface area (Å²) in [5, 5.41) is 0.0231. The molecule has 0 saturated heterocycles. The van der Waals surface area contributed by atoms with Gasteiger partial charge in [-0.25, -0.2) is 8.42 Å². The van der Waals surface area contributed by atoms with Crippen LogP contribution < -0.4 is 0 Å². The maximum atomic E-state index is 14.2. The topological polar surface area (TPSA) is 55.7 Å². The summed E-state index contributed by atoms with van der Waals surface area (Å²) in [6.45, 7) is 1.55. The molecule has 2 aromatic rings. The summed E-state index contributed by atoms with van der Waals surface area (Å²) >= 11 is 0. The first kappa shape index (κ1) is 21.2. The zero-order valence-electron chi connectivity index (χ0n) is 14.6. The first-order valence-corrected chi connectivity index (χ1v) is 9.62. The van der Waals surface area contributed by atoms with E-state index in [-0.39, 0.29) is 5.56 Å². The second-order valence-electron chi connectivity index (χ2n) is 6.40. The SMILES string of the molecule is Cc1ccc([C@]2(C(F)(F)F)ON=C(c3ccccc3)[C@@H]2S(=O)(=O)C(F)(F)F)cc1. The van der Waals surface area contributed by atoms with Crippen molar-refractivity contribution in [3.8, 4) is 0 Å². The second-order valence-corrected chi connectivity index (χ2v) is 8.43. The summed E-state index contributed by atoms with van der Waals surface area (Å²) < 4.78 is 108. The van der Waals surface area contributed by atoms with Crippen molar-refractivity contribution in [2.75, 3.05) is 0 Å². The van der Waals surface area contributed by atoms with Gasteiger partial charge in [-0.1, -0.05) is 65.3 Å². The van der Waals surface area contributed by atoms with E-state index in [0.717, 1.165) is 24.3 Å². The minimum absolute atomic E-state index is 0.233. The molecule has 0 unspecified atom stereocenters. The van der Waals surface area contributed by atoms with Crippen LogP contribution in [-0.4, -0.2) is 31.1 Å². The number of rotatable bonds is 3. The Kier molecular flexibility index (Phi) is 4.93. The second kappa shape index (κ2) is 6.75. The van der Waals surface area contributed by atoms with E-state index in [2.05, 4.69) is 9.99 Å². The fraction of sp³-hybridized carbons (Fsp3) is 0.278. The van der Waals surface area contributed by atoms with Crippen LogP contribution in [0.25, 0.3) is 0 Å². The van der Waals surface area contributed by atoms with Crippen LogP contribution in [0.4, 0.5) is 26.3 Å². The molecule has 3 rings (SSSR count). The maximum absolute atomic E-state index is 14.2. The predicted molar refractivity (Wildman–Crippen MR) is 91.7 cm³/mol. The minimum Gasteiger partial charge on any atom is -0.372 e. The van der Waals surface area contributed by atoms with Crippen LogP contribution in [0.2, 0.25) is 0 Å². The van der Waals surface area contributed by atoms with Crippen molar-refractivity contribution in [3.05, 3.63) is 71.3 Å². The molecular weight excluding hydrogens is 424 g/mol. The van der Waals surface area contributed by atoms with E-state index in [1.54, 1.807) is 6.92 Å². The van der Waals surface area contributed by atoms with Crippen LogP contribution in [0, 0.1) is 6.92 Å². The van der Waals surface area contributed by atoms with Gasteiger partial charge in [0.25, 0.3) is 15.4 Å². The number of hydrogen-bond acceptors (Lipinski definition) is 4. The van der Waals surface area contributed by atoms with E-state index in [1.807, 2.05) is 0 Å². The molecule has 156 valence electrons. The van der Waals surface area contributed by atoms with Gasteiger partial charge in [-0.05, 0) is 6.92 Å². The van der Waals surface area contributed by atoms with Crippen LogP contribution >= 0.6 is 0 Å². The third-order valence-corrected chi connectivity index (χ3v) is 6.33. The minimum atomic E-state index is -6.40. The van der Waals surface area contributed by atoms with E-state index in [9.17, 15) is 34.8 Å². The van der Waals surface area contributed by atoms with E-state index < -0.39 is 43.6 Å². The summed E-state index contributed by atoms with van der Waals surface area (Å²) in [7, 11) is -6.40. The Morgan fingerprint density at radius 1 is 0.931 bits per heavy atom. The molecule has 0 fully saturated rings. The zero-order chi connectivity index (χ0) is 21.7. The van der Waals surface area contributed by atoms with Gasteiger partial charge in [0.05, 0.1) is 0 Å². The molecule has 1 aliphatic heterocycles. The summed E-state index contributed by atoms with van der Waals surface area (Å²) in [6, 6.07) is 10.6. The largest absolute Gasteiger partial charge is 0.498 e. The monoisotopic (exact) mass is 437 g/mol. The highest BCUT2D eigenvalue weighted by Crippen LogP contribution is 2.53. The van der Waals surface area contributed by atoms with Crippen LogP contribution in [-0.2, 0) is 20.3 Å². The molecule has 11 heteroatoms. The highest BCUT2D eigenvalue weighted by Gasteiger charge is 2.75. The molecule has 2 atom stereocenters. The molecule has 1 aliphatic rings. The molecular formula is C18H13F6NO3S. The summed E-state index contributed by atoms with van der Waals surface area (Å²) in [6.07, 6.45) is -5.54. The van der Waals surface area contributed by atoms with Crippen LogP contribution in [0.1, 0.15) is 16.7 Å². The van der Waals surface area contributed by atoms with Gasteiger partial charge in [0.15, 0.2) is 5.25 Å². The Hall–Kier alpha value is -2.56. The van der Waals surface area contributed by atoms with E-state index in [0.29, 0.717) is 5.56 Å². The highest BCUT2D eigenvalue weighted by molar-refractivity contribution is 7.93. The van der Waals surface area contributed by atoms with Crippen molar-refractivity contribution in [1.82, 2.24) is 0 Å². The molecule has 2 aromatic carbocycles. The van der Waals surface area contributed by atoms with Crippen LogP contribution in [0.15, 0.2) is 59.8 Å². The molecule has 0 N–H and O–H groups in total. The number of alkyl halides is 6. The number of aryl methyl sites for hydroxylation is 1. The fourth-order valence-corrected chi connectivity index (χ4v) is 4.58. The summed E-state index contributed by atoms with van der Waals surface area (Å²) in [5.74, 6) is 0. The Morgan fingerprint density at radius 2 is 1.48 bits per heavy atom. The lowest BCUT2D eigenvalue weighted by atomic mass is 9.85. The van der Waals surface area contributed by atoms with Crippen LogP contribution in [0.5, 0.6) is 0 Å². The Bertz CT molecular complexity index is 1030. The smallest absolute Gasteiger partial charge is 0.372 e. The number of benzene rings is 2. The Balaban J connectivity index is 2.35. The van der Waals surface area contributed by atoms with Gasteiger partial charge < -0.3 is 4.84 Å². The van der Waals surface area contributed by atoms with E-state index in [4.69, 9.17) is 0 Å². The van der Waals surface area contributed by atoms with Gasteiger partial charge in [-0.15, -0.1) is 0 Å². The lowest BCUT2D eigenvalue weighted by molar-refractivity contribution is -0.274. The molecule has 0 aromatic heterocycles. The third-order valence-electron chi connectivity index (χ3n) is 4.51. The summed E-state index contributed by atoms with van der Waals surface area (Å²) in [5.41, 5.74) is -11.3. The lowest BCUT2D eigenvalue weighted by Crippen LogP contribution is -2.58. The molecule has 0 amide bonds. The van der Waals surface area contributed by atoms with Crippen molar-refractivity contribution >= 4 is 15.5 Å². The number of halogens is 6. The number of nitrogens with zero attached hydrogens (tertiary/aromatic N) is 1. The van der Waals surface area contributed by atoms with Gasteiger partial charge in [0.2, 0.25) is 0 Å². The summed E-state index contributed by atoms with van der Waals surface area (Å²) in [4.78, 5) is 4.58. The molecule has 0 spiro atoms. The predicted octanol–water partition coefficient (Wildman–Crippen LogP) is 4.49. The standard InChI is InChI=1S/C18H13F6NO3S/c1-11-7-9-13(10-8-11)16(17(19,20)21)15(29(26,27)18(22,23)24)14(25-28-16)12-5-3-2-4-6-12/h2-10,15H,1H3/t15-,16-/m0/s1. The van der Waals surface area contributed by atoms with Crippen molar-refractivity contribution in [1.29, 1.82) is 0 Å². The van der Waals surface area contributed by atoms with Crippen molar-refractivity contribution in [3.63, 3.8) is 0 Å². The van der Waals surface area contributed by atoms with Crippen LogP contribution in [0.3, 0.4) is 0 Å². The van der Waals surface area contributed by atoms with Crippen molar-refractivity contribution in [2.24, 2.45) is 5.16 Å². The number of hydrogen-bond donors (Lipinski definition) is 0. The molecule has 0 radical (unpaired) electrons. The highest BCUT2D eigenvalue weighted by atomic mass is 32.2. The fourth-order valence-electron chi connectivity index (χ4n) is 3.09. The van der Waals surface area contributed by atoms with E-state index in [1.165, 1.54) is 30.3 Å². The Morgan fingerprint density at radius 3 is 1.97 bits per heavy atom. The molecule has 1 heterocycles. The van der Waals surface area contributed by atoms with Gasteiger partial charge >= 0.3 is 11.7 Å². The molecule has 0 saturated carbocycles. The third kappa shape index (κ3) is 3.26. The first-order valence-electron chi connectivity index (χ1n) is 8.08. The van der Waals surface area contributed by atoms with E-state index >= 15 is 0 Å². The molecule has 0 aliphatic carbocycles. The zero-order valence-corrected chi connectivity index (χ0v) is 15.4. The van der Waals surface area contributed by atoms with Gasteiger partial charge in [0.1, 0.15) is 5.71 Å². The maximum Gasteiger partial charge on any atom is 0.498 e. The van der Waals surface area contributed by atoms with Gasteiger partial charge in [-0.2, -0.15) is 26.3 Å². The average Bonchev–Trinajstić information content (AvgIpc) is 3.04. The average molecular weight is 437 g/mol. The molecule has 29 heavy (non-hydrogen) atoms. The van der Waals surface area contributed by atoms with Crippen molar-refractivity contribution < 1.29 is 39.6 Å². The quantitative estimate of drug-likeness (QED) is 0.665. The first-order chi connectivity index (χ1) is 13.3. The molecule has 0 bridgehead atoms. The molecule has 4 nitrogen and oxygen atoms in total. The Labute approximate surface area is 161 Å². The number of oxime groups is 1. The van der Waals surface area contributed by atoms with Gasteiger partial charge in [-0.3, -0.25) is 0 Å². The lowest BCUT2D eigenvalue weighted by Gasteiger charge is -2.35.